The number of phenolic OH excluding ortho intramolecular Hbond substituents is 1. The summed E-state index contributed by atoms with van der Waals surface area (Å²) in [6.07, 6.45) is 0. The number of carbonyl (C=O) groups excluding carboxylic acids is 2. The Morgan fingerprint density at radius 1 is 1.39 bits per heavy atom. The van der Waals surface area contributed by atoms with Gasteiger partial charge in [0.25, 0.3) is 5.91 Å². The first-order valence-corrected chi connectivity index (χ1v) is 5.61. The minimum Gasteiger partial charge on any atom is -0.505 e. The number of nitrogens with two attached hydrogens (primary N) is 1. The summed E-state index contributed by atoms with van der Waals surface area (Å²) in [4.78, 5) is 26.7. The van der Waals surface area contributed by atoms with Crippen LogP contribution in [0.1, 0.15) is 10.4 Å². The van der Waals surface area contributed by atoms with Crippen molar-refractivity contribution >= 4 is 17.5 Å². The zero-order valence-electron chi connectivity index (χ0n) is 10.1. The molecule has 0 spiro atoms. The van der Waals surface area contributed by atoms with Crippen molar-refractivity contribution in [1.29, 1.82) is 0 Å². The first-order chi connectivity index (χ1) is 8.50. The van der Waals surface area contributed by atoms with E-state index in [1.807, 2.05) is 0 Å². The van der Waals surface area contributed by atoms with Crippen LogP contribution in [0.15, 0.2) is 18.2 Å². The molecule has 1 aromatic carbocycles. The summed E-state index contributed by atoms with van der Waals surface area (Å²) in [5, 5.41) is 9.75. The molecule has 0 radical (unpaired) electrons. The van der Waals surface area contributed by atoms with Crippen LogP contribution in [-0.2, 0) is 4.79 Å². The Bertz CT molecular complexity index is 501. The van der Waals surface area contributed by atoms with Crippen molar-refractivity contribution < 1.29 is 14.7 Å². The second kappa shape index (κ2) is 4.56. The third-order valence-electron chi connectivity index (χ3n) is 3.04. The number of aromatic hydroxyl groups is 1. The van der Waals surface area contributed by atoms with E-state index in [0.29, 0.717) is 13.1 Å². The third-order valence-corrected chi connectivity index (χ3v) is 3.04. The number of rotatable bonds is 1. The Kier molecular flexibility index (Phi) is 3.10. The summed E-state index contributed by atoms with van der Waals surface area (Å²) in [5.41, 5.74) is 5.83. The minimum absolute atomic E-state index is 0.0313. The molecule has 0 bridgehead atoms. The molecule has 0 atom stereocenters. The van der Waals surface area contributed by atoms with Gasteiger partial charge in [0.05, 0.1) is 11.3 Å². The van der Waals surface area contributed by atoms with Gasteiger partial charge in [0.15, 0.2) is 5.75 Å². The van der Waals surface area contributed by atoms with Crippen LogP contribution >= 0.6 is 0 Å². The topological polar surface area (TPSA) is 86.9 Å². The molecule has 1 heterocycles. The molecular weight excluding hydrogens is 234 g/mol. The van der Waals surface area contributed by atoms with Crippen molar-refractivity contribution in [1.82, 2.24) is 9.80 Å². The van der Waals surface area contributed by atoms with E-state index in [1.165, 1.54) is 17.0 Å². The highest BCUT2D eigenvalue weighted by atomic mass is 16.3. The number of amides is 2. The Morgan fingerprint density at radius 3 is 2.78 bits per heavy atom. The maximum atomic E-state index is 12.2. The number of likely N-dealkylation sites (N-methyl/N-ethyl adjacent to an activating group) is 1. The van der Waals surface area contributed by atoms with Gasteiger partial charge < -0.3 is 20.6 Å². The monoisotopic (exact) mass is 249 g/mol. The van der Waals surface area contributed by atoms with Crippen LogP contribution in [0.5, 0.6) is 5.75 Å². The number of hydrogen-bond acceptors (Lipinski definition) is 4. The van der Waals surface area contributed by atoms with Gasteiger partial charge >= 0.3 is 0 Å². The van der Waals surface area contributed by atoms with Crippen LogP contribution in [0.2, 0.25) is 0 Å². The van der Waals surface area contributed by atoms with E-state index >= 15 is 0 Å². The van der Waals surface area contributed by atoms with Gasteiger partial charge in [-0.2, -0.15) is 0 Å². The largest absolute Gasteiger partial charge is 0.505 e. The lowest BCUT2D eigenvalue weighted by Gasteiger charge is -2.32. The fourth-order valence-electron chi connectivity index (χ4n) is 1.84. The number of phenols is 1. The summed E-state index contributed by atoms with van der Waals surface area (Å²) in [6, 6.07) is 4.61. The van der Waals surface area contributed by atoms with Crippen molar-refractivity contribution in [3.8, 4) is 5.75 Å². The van der Waals surface area contributed by atoms with Gasteiger partial charge in [-0.3, -0.25) is 9.59 Å². The molecular formula is C12H15N3O3. The van der Waals surface area contributed by atoms with Gasteiger partial charge in [0.1, 0.15) is 6.54 Å². The number of nitrogen functional groups attached to an aromatic ring is 1. The minimum atomic E-state index is -0.374. The highest BCUT2D eigenvalue weighted by molar-refractivity contribution is 6.00. The fraction of sp³-hybridized carbons (Fsp3) is 0.333. The molecule has 0 aliphatic carbocycles. The smallest absolute Gasteiger partial charge is 0.258 e. The van der Waals surface area contributed by atoms with Crippen LogP contribution in [-0.4, -0.2) is 53.4 Å². The van der Waals surface area contributed by atoms with Gasteiger partial charge in [-0.1, -0.05) is 6.07 Å². The SMILES string of the molecule is CN1CCN(C(=O)c2cccc(N)c2O)CC1=O. The predicted molar refractivity (Wildman–Crippen MR) is 66.1 cm³/mol. The molecule has 1 aliphatic rings. The molecule has 0 aromatic heterocycles. The van der Waals surface area contributed by atoms with Crippen LogP contribution in [0.25, 0.3) is 0 Å². The van der Waals surface area contributed by atoms with E-state index in [2.05, 4.69) is 0 Å². The molecule has 3 N–H and O–H groups in total. The Balaban J connectivity index is 2.22. The van der Waals surface area contributed by atoms with Crippen LogP contribution in [0.4, 0.5) is 5.69 Å². The average Bonchev–Trinajstić information content (AvgIpc) is 2.35. The number of piperazine rings is 1. The Labute approximate surface area is 105 Å². The summed E-state index contributed by atoms with van der Waals surface area (Å²) in [7, 11) is 1.70. The zero-order chi connectivity index (χ0) is 13.3. The summed E-state index contributed by atoms with van der Waals surface area (Å²) < 4.78 is 0. The standard InChI is InChI=1S/C12H15N3O3/c1-14-5-6-15(7-10(14)16)12(18)8-3-2-4-9(13)11(8)17/h2-4,17H,5-7,13H2,1H3. The molecule has 1 aliphatic heterocycles. The number of para-hydroxylation sites is 1. The number of benzene rings is 1. The molecule has 1 aromatic rings. The highest BCUT2D eigenvalue weighted by Crippen LogP contribution is 2.25. The zero-order valence-corrected chi connectivity index (χ0v) is 10.1. The van der Waals surface area contributed by atoms with Gasteiger partial charge in [0.2, 0.25) is 5.91 Å². The second-order valence-electron chi connectivity index (χ2n) is 4.29. The highest BCUT2D eigenvalue weighted by Gasteiger charge is 2.27. The number of nitrogens with zero attached hydrogens (tertiary/aromatic N) is 2. The normalized spacial score (nSPS) is 15.9. The fourth-order valence-corrected chi connectivity index (χ4v) is 1.84. The molecule has 2 amide bonds. The lowest BCUT2D eigenvalue weighted by Crippen LogP contribution is -2.50. The molecule has 0 unspecified atom stereocenters. The summed E-state index contributed by atoms with van der Waals surface area (Å²) in [6.45, 7) is 0.979. The van der Waals surface area contributed by atoms with Gasteiger partial charge in [-0.25, -0.2) is 0 Å². The van der Waals surface area contributed by atoms with Crippen LogP contribution in [0, 0.1) is 0 Å². The molecule has 18 heavy (non-hydrogen) atoms. The Morgan fingerprint density at radius 2 is 2.11 bits per heavy atom. The first-order valence-electron chi connectivity index (χ1n) is 5.61. The van der Waals surface area contributed by atoms with Gasteiger partial charge in [-0.05, 0) is 12.1 Å². The van der Waals surface area contributed by atoms with E-state index in [4.69, 9.17) is 5.73 Å². The van der Waals surface area contributed by atoms with E-state index in [1.54, 1.807) is 18.0 Å². The molecule has 6 heteroatoms. The number of anilines is 1. The van der Waals surface area contributed by atoms with Crippen molar-refractivity contribution in [2.45, 2.75) is 0 Å². The lowest BCUT2D eigenvalue weighted by molar-refractivity contribution is -0.133. The number of hydrogen-bond donors (Lipinski definition) is 2. The predicted octanol–water partition coefficient (Wildman–Crippen LogP) is -0.111. The van der Waals surface area contributed by atoms with Gasteiger partial charge in [-0.15, -0.1) is 0 Å². The maximum absolute atomic E-state index is 12.2. The van der Waals surface area contributed by atoms with E-state index < -0.39 is 0 Å². The molecule has 0 saturated carbocycles. The van der Waals surface area contributed by atoms with Crippen LogP contribution in [0.3, 0.4) is 0 Å². The number of carbonyl (C=O) groups is 2. The lowest BCUT2D eigenvalue weighted by atomic mass is 10.1. The first kappa shape index (κ1) is 12.2. The summed E-state index contributed by atoms with van der Waals surface area (Å²) >= 11 is 0. The van der Waals surface area contributed by atoms with E-state index in [-0.39, 0.29) is 35.4 Å². The molecule has 96 valence electrons. The maximum Gasteiger partial charge on any atom is 0.258 e. The van der Waals surface area contributed by atoms with Crippen molar-refractivity contribution in [2.75, 3.05) is 32.4 Å². The molecule has 1 fully saturated rings. The van der Waals surface area contributed by atoms with Crippen LogP contribution < -0.4 is 5.73 Å². The molecule has 2 rings (SSSR count). The average molecular weight is 249 g/mol. The van der Waals surface area contributed by atoms with E-state index in [0.717, 1.165) is 0 Å². The molecule has 6 nitrogen and oxygen atoms in total. The summed E-state index contributed by atoms with van der Waals surface area (Å²) in [5.74, 6) is -0.715. The van der Waals surface area contributed by atoms with Crippen molar-refractivity contribution in [3.05, 3.63) is 23.8 Å². The Hall–Kier alpha value is -2.24. The molecule has 1 saturated heterocycles. The third kappa shape index (κ3) is 2.09. The van der Waals surface area contributed by atoms with Crippen molar-refractivity contribution in [2.24, 2.45) is 0 Å². The van der Waals surface area contributed by atoms with Crippen molar-refractivity contribution in [3.63, 3.8) is 0 Å². The van der Waals surface area contributed by atoms with Gasteiger partial charge in [0, 0.05) is 20.1 Å². The van der Waals surface area contributed by atoms with E-state index in [9.17, 15) is 14.7 Å². The quantitative estimate of drug-likeness (QED) is 0.537. The second-order valence-corrected chi connectivity index (χ2v) is 4.29.